The van der Waals surface area contributed by atoms with Gasteiger partial charge in [0.1, 0.15) is 6.10 Å². The molecule has 1 heterocycles. The minimum absolute atomic E-state index is 0.119. The van der Waals surface area contributed by atoms with Crippen LogP contribution in [-0.2, 0) is 4.74 Å². The molecule has 1 aliphatic rings. The number of hydrogen-bond acceptors (Lipinski definition) is 2. The minimum Gasteiger partial charge on any atom is -0.375 e. The van der Waals surface area contributed by atoms with Gasteiger partial charge in [0.15, 0.2) is 5.96 Å². The Labute approximate surface area is 131 Å². The molecule has 1 aliphatic heterocycles. The standard InChI is InChI=1S/C16H24ClN3O/c1-12-6-8-20(9-7-12)16(18)19-11-15(21-2)13-4-3-5-14(17)10-13/h3-5,10,12,15H,6-9,11H2,1-2H3,(H2,18,19). The van der Waals surface area contributed by atoms with E-state index in [0.29, 0.717) is 17.5 Å². The van der Waals surface area contributed by atoms with E-state index >= 15 is 0 Å². The van der Waals surface area contributed by atoms with Crippen molar-refractivity contribution in [2.45, 2.75) is 25.9 Å². The second-order valence-corrected chi connectivity index (χ2v) is 6.08. The second kappa shape index (κ2) is 7.66. The molecule has 21 heavy (non-hydrogen) atoms. The summed E-state index contributed by atoms with van der Waals surface area (Å²) < 4.78 is 5.51. The zero-order chi connectivity index (χ0) is 15.2. The van der Waals surface area contributed by atoms with Crippen molar-refractivity contribution in [2.75, 3.05) is 26.7 Å². The summed E-state index contributed by atoms with van der Waals surface area (Å²) in [5, 5.41) is 0.705. The fourth-order valence-corrected chi connectivity index (χ4v) is 2.74. The first-order valence-electron chi connectivity index (χ1n) is 7.43. The molecule has 0 spiro atoms. The number of likely N-dealkylation sites (tertiary alicyclic amines) is 1. The van der Waals surface area contributed by atoms with Crippen molar-refractivity contribution in [2.24, 2.45) is 16.6 Å². The second-order valence-electron chi connectivity index (χ2n) is 5.65. The highest BCUT2D eigenvalue weighted by atomic mass is 35.5. The maximum Gasteiger partial charge on any atom is 0.191 e. The fourth-order valence-electron chi connectivity index (χ4n) is 2.54. The molecule has 4 nitrogen and oxygen atoms in total. The van der Waals surface area contributed by atoms with Gasteiger partial charge in [-0.3, -0.25) is 4.99 Å². The maximum absolute atomic E-state index is 6.10. The first-order chi connectivity index (χ1) is 10.1. The van der Waals surface area contributed by atoms with Gasteiger partial charge >= 0.3 is 0 Å². The van der Waals surface area contributed by atoms with E-state index in [9.17, 15) is 0 Å². The summed E-state index contributed by atoms with van der Waals surface area (Å²) in [6.07, 6.45) is 2.24. The number of aliphatic imine (C=N–C) groups is 1. The highest BCUT2D eigenvalue weighted by molar-refractivity contribution is 6.30. The van der Waals surface area contributed by atoms with Gasteiger partial charge in [0.25, 0.3) is 0 Å². The van der Waals surface area contributed by atoms with Gasteiger partial charge in [-0.25, -0.2) is 0 Å². The Kier molecular flexibility index (Phi) is 5.88. The largest absolute Gasteiger partial charge is 0.375 e. The molecule has 116 valence electrons. The average molecular weight is 310 g/mol. The van der Waals surface area contributed by atoms with E-state index in [-0.39, 0.29) is 6.10 Å². The lowest BCUT2D eigenvalue weighted by molar-refractivity contribution is 0.110. The predicted octanol–water partition coefficient (Wildman–Crippen LogP) is 3.07. The fraction of sp³-hybridized carbons (Fsp3) is 0.562. The summed E-state index contributed by atoms with van der Waals surface area (Å²) in [5.74, 6) is 1.40. The summed E-state index contributed by atoms with van der Waals surface area (Å²) >= 11 is 6.02. The van der Waals surface area contributed by atoms with E-state index in [1.54, 1.807) is 7.11 Å². The number of halogens is 1. The topological polar surface area (TPSA) is 50.9 Å². The van der Waals surface area contributed by atoms with Crippen LogP contribution in [0, 0.1) is 5.92 Å². The number of nitrogens with two attached hydrogens (primary N) is 1. The predicted molar refractivity (Wildman–Crippen MR) is 87.7 cm³/mol. The van der Waals surface area contributed by atoms with Gasteiger partial charge in [0.2, 0.25) is 0 Å². The van der Waals surface area contributed by atoms with Gasteiger partial charge < -0.3 is 15.4 Å². The molecule has 1 aromatic carbocycles. The van der Waals surface area contributed by atoms with Crippen molar-refractivity contribution >= 4 is 17.6 Å². The monoisotopic (exact) mass is 309 g/mol. The molecule has 1 aromatic rings. The molecule has 1 fully saturated rings. The molecule has 2 N–H and O–H groups in total. The van der Waals surface area contributed by atoms with Gasteiger partial charge in [0, 0.05) is 25.2 Å². The number of piperidine rings is 1. The van der Waals surface area contributed by atoms with Crippen molar-refractivity contribution in [1.82, 2.24) is 4.90 Å². The Bertz CT molecular complexity index is 484. The molecule has 0 aliphatic carbocycles. The molecular formula is C16H24ClN3O. The van der Waals surface area contributed by atoms with Crippen molar-refractivity contribution in [3.63, 3.8) is 0 Å². The first-order valence-corrected chi connectivity index (χ1v) is 7.81. The van der Waals surface area contributed by atoms with E-state index in [2.05, 4.69) is 16.8 Å². The van der Waals surface area contributed by atoms with E-state index in [1.165, 1.54) is 12.8 Å². The third kappa shape index (κ3) is 4.61. The van der Waals surface area contributed by atoms with Gasteiger partial charge in [-0.2, -0.15) is 0 Å². The highest BCUT2D eigenvalue weighted by Crippen LogP contribution is 2.21. The number of hydrogen-bond donors (Lipinski definition) is 1. The van der Waals surface area contributed by atoms with Crippen LogP contribution in [0.4, 0.5) is 0 Å². The van der Waals surface area contributed by atoms with E-state index < -0.39 is 0 Å². The number of methoxy groups -OCH3 is 1. The molecule has 0 aromatic heterocycles. The van der Waals surface area contributed by atoms with Crippen molar-refractivity contribution < 1.29 is 4.74 Å². The smallest absolute Gasteiger partial charge is 0.191 e. The van der Waals surface area contributed by atoms with Gasteiger partial charge in [-0.1, -0.05) is 30.7 Å². The number of guanidine groups is 1. The lowest BCUT2D eigenvalue weighted by atomic mass is 10.00. The Morgan fingerprint density at radius 1 is 1.48 bits per heavy atom. The van der Waals surface area contributed by atoms with Crippen LogP contribution in [0.15, 0.2) is 29.3 Å². The molecule has 1 unspecified atom stereocenters. The Morgan fingerprint density at radius 2 is 2.19 bits per heavy atom. The zero-order valence-electron chi connectivity index (χ0n) is 12.8. The quantitative estimate of drug-likeness (QED) is 0.687. The van der Waals surface area contributed by atoms with Crippen molar-refractivity contribution in [3.8, 4) is 0 Å². The van der Waals surface area contributed by atoms with Crippen LogP contribution in [0.25, 0.3) is 0 Å². The Balaban J connectivity index is 1.97. The maximum atomic E-state index is 6.10. The van der Waals surface area contributed by atoms with E-state index in [4.69, 9.17) is 22.1 Å². The molecular weight excluding hydrogens is 286 g/mol. The third-order valence-electron chi connectivity index (χ3n) is 4.03. The third-order valence-corrected chi connectivity index (χ3v) is 4.27. The lowest BCUT2D eigenvalue weighted by Crippen LogP contribution is -2.42. The number of benzene rings is 1. The van der Waals surface area contributed by atoms with Crippen LogP contribution >= 0.6 is 11.6 Å². The van der Waals surface area contributed by atoms with Crippen LogP contribution in [-0.4, -0.2) is 37.6 Å². The summed E-state index contributed by atoms with van der Waals surface area (Å²) in [6.45, 7) is 4.77. The molecule has 1 atom stereocenters. The molecule has 1 saturated heterocycles. The van der Waals surface area contributed by atoms with Crippen LogP contribution < -0.4 is 5.73 Å². The van der Waals surface area contributed by atoms with Crippen molar-refractivity contribution in [1.29, 1.82) is 0 Å². The minimum atomic E-state index is -0.119. The summed E-state index contributed by atoms with van der Waals surface area (Å²) in [5.41, 5.74) is 7.12. The van der Waals surface area contributed by atoms with E-state index in [0.717, 1.165) is 24.6 Å². The van der Waals surface area contributed by atoms with Crippen LogP contribution in [0.3, 0.4) is 0 Å². The average Bonchev–Trinajstić information content (AvgIpc) is 2.48. The Morgan fingerprint density at radius 3 is 2.81 bits per heavy atom. The Hall–Kier alpha value is -1.26. The highest BCUT2D eigenvalue weighted by Gasteiger charge is 2.17. The first kappa shape index (κ1) is 16.1. The molecule has 5 heteroatoms. The SMILES string of the molecule is COC(CN=C(N)N1CCC(C)CC1)c1cccc(Cl)c1. The van der Waals surface area contributed by atoms with Gasteiger partial charge in [-0.05, 0) is 36.5 Å². The molecule has 0 bridgehead atoms. The summed E-state index contributed by atoms with van der Waals surface area (Å²) in [6, 6.07) is 7.67. The van der Waals surface area contributed by atoms with Gasteiger partial charge in [-0.15, -0.1) is 0 Å². The number of nitrogens with zero attached hydrogens (tertiary/aromatic N) is 2. The van der Waals surface area contributed by atoms with Gasteiger partial charge in [0.05, 0.1) is 6.54 Å². The van der Waals surface area contributed by atoms with Crippen LogP contribution in [0.5, 0.6) is 0 Å². The molecule has 0 radical (unpaired) electrons. The number of rotatable bonds is 4. The molecule has 0 amide bonds. The van der Waals surface area contributed by atoms with Crippen LogP contribution in [0.1, 0.15) is 31.4 Å². The van der Waals surface area contributed by atoms with Crippen LogP contribution in [0.2, 0.25) is 5.02 Å². The lowest BCUT2D eigenvalue weighted by Gasteiger charge is -2.31. The molecule has 2 rings (SSSR count). The van der Waals surface area contributed by atoms with E-state index in [1.807, 2.05) is 24.3 Å². The molecule has 0 saturated carbocycles. The van der Waals surface area contributed by atoms with Crippen molar-refractivity contribution in [3.05, 3.63) is 34.9 Å². The summed E-state index contributed by atoms with van der Waals surface area (Å²) in [7, 11) is 1.68. The summed E-state index contributed by atoms with van der Waals surface area (Å²) in [4.78, 5) is 6.66. The zero-order valence-corrected chi connectivity index (χ0v) is 13.5. The normalized spacial score (nSPS) is 18.8. The number of ether oxygens (including phenoxy) is 1.